The van der Waals surface area contributed by atoms with E-state index in [1.807, 2.05) is 13.0 Å². The first-order valence-corrected chi connectivity index (χ1v) is 6.23. The summed E-state index contributed by atoms with van der Waals surface area (Å²) >= 11 is 6.08. The van der Waals surface area contributed by atoms with Gasteiger partial charge in [-0.05, 0) is 19.4 Å². The number of nitrogens with two attached hydrogens (primary N) is 1. The molecular formula is C12H15ClN4O. The van der Waals surface area contributed by atoms with Gasteiger partial charge in [0.2, 0.25) is 0 Å². The number of ether oxygens (including phenoxy) is 1. The predicted molar refractivity (Wildman–Crippen MR) is 69.4 cm³/mol. The fourth-order valence-corrected chi connectivity index (χ4v) is 2.22. The minimum atomic E-state index is -0.0103. The Morgan fingerprint density at radius 3 is 3.11 bits per heavy atom. The molecule has 1 fully saturated rings. The van der Waals surface area contributed by atoms with Gasteiger partial charge < -0.3 is 15.8 Å². The predicted octanol–water partition coefficient (Wildman–Crippen LogP) is 1.52. The maximum absolute atomic E-state index is 8.90. The zero-order chi connectivity index (χ0) is 13.1. The second kappa shape index (κ2) is 5.53. The Bertz CT molecular complexity index is 472. The molecule has 3 atom stereocenters. The molecule has 18 heavy (non-hydrogen) atoms. The molecule has 96 valence electrons. The van der Waals surface area contributed by atoms with E-state index in [4.69, 9.17) is 27.3 Å². The van der Waals surface area contributed by atoms with Crippen LogP contribution in [0, 0.1) is 11.3 Å². The zero-order valence-corrected chi connectivity index (χ0v) is 10.8. The molecule has 3 N–H and O–H groups in total. The molecule has 6 heteroatoms. The lowest BCUT2D eigenvalue weighted by molar-refractivity contribution is -0.0127. The van der Waals surface area contributed by atoms with Crippen LogP contribution in [0.2, 0.25) is 5.02 Å². The van der Waals surface area contributed by atoms with Gasteiger partial charge in [-0.2, -0.15) is 5.26 Å². The van der Waals surface area contributed by atoms with E-state index >= 15 is 0 Å². The highest BCUT2D eigenvalue weighted by molar-refractivity contribution is 6.34. The summed E-state index contributed by atoms with van der Waals surface area (Å²) in [6.45, 7) is 2.59. The lowest BCUT2D eigenvalue weighted by Crippen LogP contribution is -2.60. The van der Waals surface area contributed by atoms with Gasteiger partial charge in [0.1, 0.15) is 16.9 Å². The monoisotopic (exact) mass is 266 g/mol. The molecule has 2 rings (SSSR count). The Balaban J connectivity index is 2.12. The van der Waals surface area contributed by atoms with E-state index in [1.165, 1.54) is 0 Å². The normalized spacial score (nSPS) is 26.2. The molecule has 0 bridgehead atoms. The Morgan fingerprint density at radius 2 is 2.50 bits per heavy atom. The zero-order valence-electron chi connectivity index (χ0n) is 10.1. The van der Waals surface area contributed by atoms with E-state index in [0.29, 0.717) is 23.0 Å². The average molecular weight is 267 g/mol. The van der Waals surface area contributed by atoms with Gasteiger partial charge in [0.05, 0.1) is 17.7 Å². The molecule has 1 aliphatic carbocycles. The number of halogens is 1. The molecule has 3 unspecified atom stereocenters. The molecule has 1 heterocycles. The van der Waals surface area contributed by atoms with E-state index in [-0.39, 0.29) is 18.2 Å². The van der Waals surface area contributed by atoms with E-state index in [9.17, 15) is 0 Å². The Hall–Kier alpha value is -1.35. The molecule has 0 spiro atoms. The van der Waals surface area contributed by atoms with Crippen molar-refractivity contribution in [2.75, 3.05) is 11.9 Å². The number of aromatic nitrogens is 1. The number of nitrogens with one attached hydrogen (secondary N) is 1. The van der Waals surface area contributed by atoms with Crippen LogP contribution in [0.15, 0.2) is 12.3 Å². The lowest BCUT2D eigenvalue weighted by Gasteiger charge is -2.42. The molecule has 0 aromatic carbocycles. The summed E-state index contributed by atoms with van der Waals surface area (Å²) in [7, 11) is 0. The number of rotatable bonds is 4. The van der Waals surface area contributed by atoms with Gasteiger partial charge in [-0.3, -0.25) is 0 Å². The number of hydrogen-bond acceptors (Lipinski definition) is 5. The van der Waals surface area contributed by atoms with Crippen molar-refractivity contribution in [1.82, 2.24) is 4.98 Å². The van der Waals surface area contributed by atoms with Crippen LogP contribution >= 0.6 is 11.6 Å². The van der Waals surface area contributed by atoms with Crippen molar-refractivity contribution in [3.63, 3.8) is 0 Å². The van der Waals surface area contributed by atoms with Crippen molar-refractivity contribution in [3.05, 3.63) is 22.8 Å². The third kappa shape index (κ3) is 2.41. The third-order valence-electron chi connectivity index (χ3n) is 3.06. The van der Waals surface area contributed by atoms with Crippen molar-refractivity contribution < 1.29 is 4.74 Å². The summed E-state index contributed by atoms with van der Waals surface area (Å²) in [6.07, 6.45) is 2.45. The third-order valence-corrected chi connectivity index (χ3v) is 3.44. The maximum Gasteiger partial charge on any atom is 0.146 e. The summed E-state index contributed by atoms with van der Waals surface area (Å²) in [4.78, 5) is 4.13. The average Bonchev–Trinajstić information content (AvgIpc) is 2.37. The summed E-state index contributed by atoms with van der Waals surface area (Å²) in [5.74, 6) is 0.487. The minimum Gasteiger partial charge on any atom is -0.376 e. The Kier molecular flexibility index (Phi) is 4.02. The van der Waals surface area contributed by atoms with Crippen molar-refractivity contribution in [1.29, 1.82) is 5.26 Å². The smallest absolute Gasteiger partial charge is 0.146 e. The molecule has 1 aromatic heterocycles. The first-order chi connectivity index (χ1) is 8.67. The first-order valence-electron chi connectivity index (χ1n) is 5.85. The fraction of sp³-hybridized carbons (Fsp3) is 0.500. The molecule has 0 radical (unpaired) electrons. The largest absolute Gasteiger partial charge is 0.376 e. The van der Waals surface area contributed by atoms with Crippen molar-refractivity contribution in [2.24, 2.45) is 5.73 Å². The SMILES string of the molecule is CCOC1CC(N)C1Nc1nccc(C#N)c1Cl. The summed E-state index contributed by atoms with van der Waals surface area (Å²) in [6, 6.07) is 3.60. The maximum atomic E-state index is 8.90. The summed E-state index contributed by atoms with van der Waals surface area (Å²) in [5, 5.41) is 12.4. The van der Waals surface area contributed by atoms with Crippen LogP contribution in [0.3, 0.4) is 0 Å². The van der Waals surface area contributed by atoms with Crippen LogP contribution in [0.5, 0.6) is 0 Å². The number of nitrogens with zero attached hydrogens (tertiary/aromatic N) is 2. The van der Waals surface area contributed by atoms with Gasteiger partial charge in [-0.15, -0.1) is 0 Å². The number of hydrogen-bond donors (Lipinski definition) is 2. The minimum absolute atomic E-state index is 0.0103. The quantitative estimate of drug-likeness (QED) is 0.863. The summed E-state index contributed by atoms with van der Waals surface area (Å²) in [5.41, 5.74) is 6.33. The highest BCUT2D eigenvalue weighted by atomic mass is 35.5. The second-order valence-electron chi connectivity index (χ2n) is 4.20. The molecule has 0 amide bonds. The highest BCUT2D eigenvalue weighted by Crippen LogP contribution is 2.29. The highest BCUT2D eigenvalue weighted by Gasteiger charge is 2.39. The molecule has 1 saturated carbocycles. The molecule has 5 nitrogen and oxygen atoms in total. The van der Waals surface area contributed by atoms with Crippen molar-refractivity contribution in [3.8, 4) is 6.07 Å². The van der Waals surface area contributed by atoms with E-state index in [0.717, 1.165) is 6.42 Å². The molecule has 1 aliphatic rings. The van der Waals surface area contributed by atoms with Crippen LogP contribution in [0.4, 0.5) is 5.82 Å². The summed E-state index contributed by atoms with van der Waals surface area (Å²) < 4.78 is 5.55. The molecule has 1 aromatic rings. The van der Waals surface area contributed by atoms with Crippen LogP contribution in [0.1, 0.15) is 18.9 Å². The van der Waals surface area contributed by atoms with Crippen LogP contribution < -0.4 is 11.1 Å². The van der Waals surface area contributed by atoms with Gasteiger partial charge >= 0.3 is 0 Å². The second-order valence-corrected chi connectivity index (χ2v) is 4.57. The Labute approximate surface area is 111 Å². The van der Waals surface area contributed by atoms with Gasteiger partial charge in [0.25, 0.3) is 0 Å². The van der Waals surface area contributed by atoms with E-state index < -0.39 is 0 Å². The Morgan fingerprint density at radius 1 is 1.72 bits per heavy atom. The fourth-order valence-electron chi connectivity index (χ4n) is 2.02. The number of nitriles is 1. The van der Waals surface area contributed by atoms with E-state index in [2.05, 4.69) is 10.3 Å². The first kappa shape index (κ1) is 13.1. The number of pyridine rings is 1. The molecular weight excluding hydrogens is 252 g/mol. The molecule has 0 saturated heterocycles. The van der Waals surface area contributed by atoms with Crippen molar-refractivity contribution in [2.45, 2.75) is 31.5 Å². The molecule has 0 aliphatic heterocycles. The van der Waals surface area contributed by atoms with E-state index in [1.54, 1.807) is 12.3 Å². The lowest BCUT2D eigenvalue weighted by atomic mass is 9.83. The number of anilines is 1. The topological polar surface area (TPSA) is 84.0 Å². The van der Waals surface area contributed by atoms with Crippen molar-refractivity contribution >= 4 is 17.4 Å². The van der Waals surface area contributed by atoms with Gasteiger partial charge in [0, 0.05) is 18.8 Å². The van der Waals surface area contributed by atoms with Gasteiger partial charge in [-0.25, -0.2) is 4.98 Å². The van der Waals surface area contributed by atoms with Gasteiger partial charge in [-0.1, -0.05) is 11.6 Å². The van der Waals surface area contributed by atoms with Crippen LogP contribution in [-0.2, 0) is 4.74 Å². The van der Waals surface area contributed by atoms with Gasteiger partial charge in [0.15, 0.2) is 0 Å². The van der Waals surface area contributed by atoms with Crippen LogP contribution in [-0.4, -0.2) is 29.8 Å². The van der Waals surface area contributed by atoms with Crippen LogP contribution in [0.25, 0.3) is 0 Å². The standard InChI is InChI=1S/C12H15ClN4O/c1-2-18-9-5-8(15)11(9)17-12-10(13)7(6-14)3-4-16-12/h3-4,8-9,11H,2,5,15H2,1H3,(H,16,17).